The van der Waals surface area contributed by atoms with Gasteiger partial charge in [-0.25, -0.2) is 4.98 Å². The van der Waals surface area contributed by atoms with Gasteiger partial charge >= 0.3 is 0 Å². The van der Waals surface area contributed by atoms with Gasteiger partial charge in [0.1, 0.15) is 5.82 Å². The molecular formula is C15H26ClN3O2. The highest BCUT2D eigenvalue weighted by molar-refractivity contribution is 6.33. The van der Waals surface area contributed by atoms with Crippen LogP contribution in [-0.4, -0.2) is 52.1 Å². The van der Waals surface area contributed by atoms with Crippen LogP contribution in [0, 0.1) is 0 Å². The second kappa shape index (κ2) is 10.8. The number of anilines is 1. The van der Waals surface area contributed by atoms with Gasteiger partial charge in [-0.15, -0.1) is 0 Å². The van der Waals surface area contributed by atoms with E-state index in [0.29, 0.717) is 18.2 Å². The molecule has 0 aliphatic rings. The van der Waals surface area contributed by atoms with Crippen molar-refractivity contribution in [2.24, 2.45) is 0 Å². The molecule has 0 aliphatic carbocycles. The summed E-state index contributed by atoms with van der Waals surface area (Å²) in [6.45, 7) is 6.65. The van der Waals surface area contributed by atoms with Crippen molar-refractivity contribution in [2.45, 2.75) is 19.9 Å². The van der Waals surface area contributed by atoms with E-state index in [1.54, 1.807) is 14.2 Å². The molecule has 120 valence electrons. The topological polar surface area (TPSA) is 46.6 Å². The van der Waals surface area contributed by atoms with Crippen LogP contribution < -0.4 is 10.2 Å². The zero-order valence-electron chi connectivity index (χ0n) is 13.2. The maximum Gasteiger partial charge on any atom is 0.147 e. The van der Waals surface area contributed by atoms with E-state index < -0.39 is 0 Å². The molecule has 21 heavy (non-hydrogen) atoms. The summed E-state index contributed by atoms with van der Waals surface area (Å²) >= 11 is 6.38. The van der Waals surface area contributed by atoms with E-state index in [1.165, 1.54) is 0 Å². The highest BCUT2D eigenvalue weighted by Gasteiger charge is 2.12. The SMILES string of the molecule is CCCNCc1cnc(N(CCOC)CCOC)c(Cl)c1. The Bertz CT molecular complexity index is 397. The highest BCUT2D eigenvalue weighted by Crippen LogP contribution is 2.24. The average molecular weight is 316 g/mol. The van der Waals surface area contributed by atoms with Gasteiger partial charge in [-0.2, -0.15) is 0 Å². The fraction of sp³-hybridized carbons (Fsp3) is 0.667. The molecule has 0 aliphatic heterocycles. The molecule has 0 amide bonds. The number of ether oxygens (including phenoxy) is 2. The molecule has 0 atom stereocenters. The van der Waals surface area contributed by atoms with Crippen LogP contribution in [0.1, 0.15) is 18.9 Å². The fourth-order valence-corrected chi connectivity index (χ4v) is 2.24. The first-order chi connectivity index (χ1) is 10.2. The Morgan fingerprint density at radius 3 is 2.43 bits per heavy atom. The molecule has 1 heterocycles. The zero-order chi connectivity index (χ0) is 15.5. The van der Waals surface area contributed by atoms with Gasteiger partial charge in [-0.3, -0.25) is 0 Å². The first-order valence-corrected chi connectivity index (χ1v) is 7.68. The molecule has 0 fully saturated rings. The van der Waals surface area contributed by atoms with Crippen molar-refractivity contribution in [1.82, 2.24) is 10.3 Å². The number of hydrogen-bond donors (Lipinski definition) is 1. The van der Waals surface area contributed by atoms with Crippen molar-refractivity contribution >= 4 is 17.4 Å². The molecule has 0 spiro atoms. The minimum atomic E-state index is 0.627. The van der Waals surface area contributed by atoms with Crippen LogP contribution in [0.15, 0.2) is 12.3 Å². The van der Waals surface area contributed by atoms with Crippen LogP contribution in [-0.2, 0) is 16.0 Å². The maximum absolute atomic E-state index is 6.38. The Balaban J connectivity index is 2.73. The molecule has 0 saturated carbocycles. The Hall–Kier alpha value is -0.880. The van der Waals surface area contributed by atoms with E-state index in [0.717, 1.165) is 44.0 Å². The van der Waals surface area contributed by atoms with Crippen molar-refractivity contribution in [3.05, 3.63) is 22.8 Å². The lowest BCUT2D eigenvalue weighted by Gasteiger charge is -2.24. The predicted molar refractivity (Wildman–Crippen MR) is 87.2 cm³/mol. The van der Waals surface area contributed by atoms with Gasteiger partial charge in [-0.05, 0) is 24.6 Å². The van der Waals surface area contributed by atoms with Crippen molar-refractivity contribution in [2.75, 3.05) is 52.0 Å². The van der Waals surface area contributed by atoms with Crippen LogP contribution in [0.2, 0.25) is 5.02 Å². The summed E-state index contributed by atoms with van der Waals surface area (Å²) in [7, 11) is 3.37. The van der Waals surface area contributed by atoms with E-state index in [2.05, 4.69) is 22.1 Å². The van der Waals surface area contributed by atoms with E-state index in [9.17, 15) is 0 Å². The van der Waals surface area contributed by atoms with Crippen molar-refractivity contribution in [3.8, 4) is 0 Å². The van der Waals surface area contributed by atoms with E-state index in [-0.39, 0.29) is 0 Å². The minimum Gasteiger partial charge on any atom is -0.383 e. The van der Waals surface area contributed by atoms with Crippen LogP contribution in [0.3, 0.4) is 0 Å². The van der Waals surface area contributed by atoms with Gasteiger partial charge < -0.3 is 19.7 Å². The average Bonchev–Trinajstić information content (AvgIpc) is 2.49. The quantitative estimate of drug-likeness (QED) is 0.635. The van der Waals surface area contributed by atoms with Gasteiger partial charge in [0, 0.05) is 40.1 Å². The third-order valence-electron chi connectivity index (χ3n) is 3.06. The van der Waals surface area contributed by atoms with Gasteiger partial charge in [0.25, 0.3) is 0 Å². The number of hydrogen-bond acceptors (Lipinski definition) is 5. The van der Waals surface area contributed by atoms with Gasteiger partial charge in [0.15, 0.2) is 0 Å². The molecule has 6 heteroatoms. The molecule has 1 rings (SSSR count). The van der Waals surface area contributed by atoms with Gasteiger partial charge in [0.2, 0.25) is 0 Å². The summed E-state index contributed by atoms with van der Waals surface area (Å²) in [4.78, 5) is 6.59. The number of halogens is 1. The first kappa shape index (κ1) is 18.2. The number of nitrogens with zero attached hydrogens (tertiary/aromatic N) is 2. The first-order valence-electron chi connectivity index (χ1n) is 7.30. The predicted octanol–water partition coefficient (Wildman–Crippen LogP) is 2.33. The Morgan fingerprint density at radius 1 is 1.24 bits per heavy atom. The van der Waals surface area contributed by atoms with Gasteiger partial charge in [-0.1, -0.05) is 18.5 Å². The summed E-state index contributed by atoms with van der Waals surface area (Å²) in [5.74, 6) is 0.782. The number of methoxy groups -OCH3 is 2. The second-order valence-corrected chi connectivity index (χ2v) is 5.21. The van der Waals surface area contributed by atoms with E-state index in [1.807, 2.05) is 12.3 Å². The summed E-state index contributed by atoms with van der Waals surface area (Å²) in [5, 5.41) is 4.01. The third-order valence-corrected chi connectivity index (χ3v) is 3.34. The standard InChI is InChI=1S/C15H26ClN3O2/c1-4-5-17-11-13-10-14(16)15(18-12-13)19(6-8-20-2)7-9-21-3/h10,12,17H,4-9,11H2,1-3H3. The summed E-state index contributed by atoms with van der Waals surface area (Å²) in [6, 6.07) is 1.97. The third kappa shape index (κ3) is 6.61. The van der Waals surface area contributed by atoms with Crippen LogP contribution in [0.4, 0.5) is 5.82 Å². The molecule has 0 bridgehead atoms. The minimum absolute atomic E-state index is 0.627. The highest BCUT2D eigenvalue weighted by atomic mass is 35.5. The Labute approximate surface area is 132 Å². The van der Waals surface area contributed by atoms with E-state index >= 15 is 0 Å². The Kier molecular flexibility index (Phi) is 9.34. The van der Waals surface area contributed by atoms with Crippen LogP contribution >= 0.6 is 11.6 Å². The molecular weight excluding hydrogens is 290 g/mol. The molecule has 1 aromatic heterocycles. The summed E-state index contributed by atoms with van der Waals surface area (Å²) in [6.07, 6.45) is 2.98. The molecule has 0 unspecified atom stereocenters. The lowest BCUT2D eigenvalue weighted by atomic mass is 10.2. The second-order valence-electron chi connectivity index (χ2n) is 4.80. The van der Waals surface area contributed by atoms with Crippen LogP contribution in [0.25, 0.3) is 0 Å². The lowest BCUT2D eigenvalue weighted by Crippen LogP contribution is -2.31. The summed E-state index contributed by atoms with van der Waals surface area (Å²) in [5.41, 5.74) is 1.09. The Morgan fingerprint density at radius 2 is 1.90 bits per heavy atom. The number of rotatable bonds is 11. The molecule has 5 nitrogen and oxygen atoms in total. The molecule has 1 aromatic rings. The zero-order valence-corrected chi connectivity index (χ0v) is 13.9. The largest absolute Gasteiger partial charge is 0.383 e. The normalized spacial score (nSPS) is 10.9. The van der Waals surface area contributed by atoms with Crippen molar-refractivity contribution < 1.29 is 9.47 Å². The molecule has 0 aromatic carbocycles. The van der Waals surface area contributed by atoms with Crippen molar-refractivity contribution in [1.29, 1.82) is 0 Å². The van der Waals surface area contributed by atoms with Crippen LogP contribution in [0.5, 0.6) is 0 Å². The number of nitrogens with one attached hydrogen (secondary N) is 1. The van der Waals surface area contributed by atoms with Crippen molar-refractivity contribution in [3.63, 3.8) is 0 Å². The lowest BCUT2D eigenvalue weighted by molar-refractivity contribution is 0.190. The molecule has 0 radical (unpaired) electrons. The number of aromatic nitrogens is 1. The smallest absolute Gasteiger partial charge is 0.147 e. The maximum atomic E-state index is 6.38. The van der Waals surface area contributed by atoms with E-state index in [4.69, 9.17) is 21.1 Å². The fourth-order valence-electron chi connectivity index (χ4n) is 1.94. The van der Waals surface area contributed by atoms with Gasteiger partial charge in [0.05, 0.1) is 18.2 Å². The summed E-state index contributed by atoms with van der Waals surface area (Å²) < 4.78 is 10.3. The monoisotopic (exact) mass is 315 g/mol. The number of pyridine rings is 1. The molecule has 0 saturated heterocycles. The molecule has 1 N–H and O–H groups in total.